The minimum absolute atomic E-state index is 0.233. The third kappa shape index (κ3) is 3.77. The van der Waals surface area contributed by atoms with Crippen molar-refractivity contribution in [1.82, 2.24) is 19.7 Å². The number of carbonyl (C=O) groups excluding carboxylic acids is 1. The molecular weight excluding hydrogens is 414 g/mol. The van der Waals surface area contributed by atoms with Crippen LogP contribution in [0.1, 0.15) is 27.3 Å². The highest BCUT2D eigenvalue weighted by molar-refractivity contribution is 9.10. The number of rotatable bonds is 4. The summed E-state index contributed by atoms with van der Waals surface area (Å²) in [6, 6.07) is 6.81. The number of methoxy groups -OCH3 is 1. The number of amides is 1. The number of halogens is 1. The Morgan fingerprint density at radius 2 is 2.00 bits per heavy atom. The summed E-state index contributed by atoms with van der Waals surface area (Å²) in [5.41, 5.74) is 1.94. The first-order valence-electron chi connectivity index (χ1n) is 8.09. The number of aryl methyl sites for hydroxylation is 2. The molecule has 0 unspecified atom stereocenters. The van der Waals surface area contributed by atoms with E-state index in [4.69, 9.17) is 4.74 Å². The van der Waals surface area contributed by atoms with Crippen LogP contribution in [0.4, 0.5) is 5.82 Å². The van der Waals surface area contributed by atoms with E-state index < -0.39 is 0 Å². The fraction of sp³-hybridized carbons (Fsp3) is 0.222. The molecule has 0 aliphatic rings. The fourth-order valence-electron chi connectivity index (χ4n) is 2.47. The highest BCUT2D eigenvalue weighted by Crippen LogP contribution is 2.24. The number of aromatic amines is 1. The number of nitrogens with one attached hydrogen (secondary N) is 2. The number of carbonyl (C=O) groups is 1. The first-order valence-corrected chi connectivity index (χ1v) is 8.89. The second-order valence-corrected chi connectivity index (χ2v) is 6.84. The molecule has 0 radical (unpaired) electrons. The van der Waals surface area contributed by atoms with Gasteiger partial charge >= 0.3 is 0 Å². The minimum atomic E-state index is -0.354. The summed E-state index contributed by atoms with van der Waals surface area (Å²) in [5.74, 6) is 0.830. The van der Waals surface area contributed by atoms with Gasteiger partial charge in [0.25, 0.3) is 11.5 Å². The molecule has 9 heteroatoms. The Morgan fingerprint density at radius 3 is 2.67 bits per heavy atom. The van der Waals surface area contributed by atoms with Crippen molar-refractivity contribution in [3.05, 3.63) is 61.6 Å². The quantitative estimate of drug-likeness (QED) is 0.660. The summed E-state index contributed by atoms with van der Waals surface area (Å²) in [6.45, 7) is 5.23. The summed E-state index contributed by atoms with van der Waals surface area (Å²) >= 11 is 3.37. The monoisotopic (exact) mass is 431 g/mol. The largest absolute Gasteiger partial charge is 0.497 e. The molecule has 0 aliphatic carbocycles. The highest BCUT2D eigenvalue weighted by atomic mass is 79.9. The van der Waals surface area contributed by atoms with Crippen molar-refractivity contribution in [1.29, 1.82) is 0 Å². The summed E-state index contributed by atoms with van der Waals surface area (Å²) in [6.07, 6.45) is 0. The first kappa shape index (κ1) is 18.8. The van der Waals surface area contributed by atoms with Crippen molar-refractivity contribution >= 4 is 27.7 Å². The molecule has 0 fully saturated rings. The maximum Gasteiger partial charge on any atom is 0.258 e. The van der Waals surface area contributed by atoms with Gasteiger partial charge < -0.3 is 10.1 Å². The molecule has 0 bridgehead atoms. The lowest BCUT2D eigenvalue weighted by Gasteiger charge is -2.11. The van der Waals surface area contributed by atoms with Gasteiger partial charge in [0.05, 0.1) is 18.4 Å². The van der Waals surface area contributed by atoms with Crippen LogP contribution < -0.4 is 15.6 Å². The molecule has 140 valence electrons. The van der Waals surface area contributed by atoms with Crippen molar-refractivity contribution in [3.63, 3.8) is 0 Å². The Hall–Kier alpha value is -2.94. The molecule has 0 spiro atoms. The van der Waals surface area contributed by atoms with E-state index in [0.29, 0.717) is 38.6 Å². The molecule has 0 saturated heterocycles. The topological polar surface area (TPSA) is 102 Å². The second-order valence-electron chi connectivity index (χ2n) is 5.98. The molecule has 3 rings (SSSR count). The lowest BCUT2D eigenvalue weighted by molar-refractivity contribution is 0.102. The second kappa shape index (κ2) is 7.36. The molecule has 1 aromatic carbocycles. The minimum Gasteiger partial charge on any atom is -0.497 e. The van der Waals surface area contributed by atoms with Crippen LogP contribution in [0.5, 0.6) is 5.75 Å². The standard InChI is InChI=1S/C18H18BrN5O3/c1-9-7-15(21-17(26)13-8-12(27-4)5-6-14(13)19)24(23-9)18-20-11(3)10(2)16(25)22-18/h5-8H,1-4H3,(H,21,26)(H,20,22,25). The van der Waals surface area contributed by atoms with E-state index >= 15 is 0 Å². The number of benzene rings is 1. The van der Waals surface area contributed by atoms with Gasteiger partial charge in [-0.3, -0.25) is 14.6 Å². The van der Waals surface area contributed by atoms with E-state index in [1.165, 1.54) is 11.8 Å². The predicted octanol–water partition coefficient (Wildman–Crippen LogP) is 2.90. The third-order valence-corrected chi connectivity index (χ3v) is 4.77. The number of hydrogen-bond acceptors (Lipinski definition) is 5. The van der Waals surface area contributed by atoms with Gasteiger partial charge in [0, 0.05) is 21.8 Å². The molecular formula is C18H18BrN5O3. The normalized spacial score (nSPS) is 10.7. The average molecular weight is 432 g/mol. The summed E-state index contributed by atoms with van der Waals surface area (Å²) in [5, 5.41) is 7.13. The smallest absolute Gasteiger partial charge is 0.258 e. The van der Waals surface area contributed by atoms with E-state index in [9.17, 15) is 9.59 Å². The lowest BCUT2D eigenvalue weighted by Crippen LogP contribution is -2.21. The van der Waals surface area contributed by atoms with Crippen LogP contribution in [0, 0.1) is 20.8 Å². The van der Waals surface area contributed by atoms with Gasteiger partial charge in [-0.2, -0.15) is 9.78 Å². The van der Waals surface area contributed by atoms with Crippen LogP contribution >= 0.6 is 15.9 Å². The molecule has 0 aliphatic heterocycles. The van der Waals surface area contributed by atoms with Crippen LogP contribution in [-0.2, 0) is 0 Å². The Kier molecular flexibility index (Phi) is 5.13. The van der Waals surface area contributed by atoms with E-state index in [0.717, 1.165) is 0 Å². The Morgan fingerprint density at radius 1 is 1.26 bits per heavy atom. The van der Waals surface area contributed by atoms with Crippen molar-refractivity contribution in [2.75, 3.05) is 12.4 Å². The number of ether oxygens (including phenoxy) is 1. The van der Waals surface area contributed by atoms with E-state index in [2.05, 4.69) is 36.3 Å². The Labute approximate surface area is 163 Å². The van der Waals surface area contributed by atoms with E-state index in [-0.39, 0.29) is 17.4 Å². The van der Waals surface area contributed by atoms with Gasteiger partial charge in [0.1, 0.15) is 11.6 Å². The lowest BCUT2D eigenvalue weighted by atomic mass is 10.2. The van der Waals surface area contributed by atoms with Crippen LogP contribution in [0.15, 0.2) is 33.5 Å². The number of nitrogens with zero attached hydrogens (tertiary/aromatic N) is 3. The molecule has 2 heterocycles. The zero-order chi connectivity index (χ0) is 19.7. The Balaban J connectivity index is 2.00. The van der Waals surface area contributed by atoms with Crippen LogP contribution in [0.25, 0.3) is 5.95 Å². The van der Waals surface area contributed by atoms with Gasteiger partial charge in [-0.05, 0) is 54.9 Å². The van der Waals surface area contributed by atoms with Crippen LogP contribution in [-0.4, -0.2) is 32.8 Å². The van der Waals surface area contributed by atoms with Crippen molar-refractivity contribution < 1.29 is 9.53 Å². The molecule has 0 atom stereocenters. The summed E-state index contributed by atoms with van der Waals surface area (Å²) in [4.78, 5) is 31.9. The zero-order valence-corrected chi connectivity index (χ0v) is 16.8. The number of anilines is 1. The summed E-state index contributed by atoms with van der Waals surface area (Å²) in [7, 11) is 1.53. The van der Waals surface area contributed by atoms with E-state index in [1.807, 2.05) is 0 Å². The maximum absolute atomic E-state index is 12.8. The van der Waals surface area contributed by atoms with Gasteiger partial charge in [0.15, 0.2) is 0 Å². The molecule has 0 saturated carbocycles. The van der Waals surface area contributed by atoms with E-state index in [1.54, 1.807) is 45.0 Å². The van der Waals surface area contributed by atoms with Gasteiger partial charge in [-0.1, -0.05) is 0 Å². The fourth-order valence-corrected chi connectivity index (χ4v) is 2.90. The van der Waals surface area contributed by atoms with Crippen LogP contribution in [0.2, 0.25) is 0 Å². The maximum atomic E-state index is 12.8. The number of H-pyrrole nitrogens is 1. The van der Waals surface area contributed by atoms with Gasteiger partial charge in [-0.25, -0.2) is 4.98 Å². The average Bonchev–Trinajstić information content (AvgIpc) is 2.99. The number of hydrogen-bond donors (Lipinski definition) is 2. The molecule has 8 nitrogen and oxygen atoms in total. The first-order chi connectivity index (χ1) is 12.8. The molecule has 3 aromatic rings. The SMILES string of the molecule is COc1ccc(Br)c(C(=O)Nc2cc(C)nn2-c2nc(C)c(C)c(=O)[nH]2)c1. The summed E-state index contributed by atoms with van der Waals surface area (Å²) < 4.78 is 7.20. The molecule has 27 heavy (non-hydrogen) atoms. The molecule has 2 aromatic heterocycles. The van der Waals surface area contributed by atoms with Gasteiger partial charge in [-0.15, -0.1) is 0 Å². The number of aromatic nitrogens is 4. The molecule has 2 N–H and O–H groups in total. The zero-order valence-electron chi connectivity index (χ0n) is 15.3. The third-order valence-electron chi connectivity index (χ3n) is 4.07. The predicted molar refractivity (Wildman–Crippen MR) is 105 cm³/mol. The van der Waals surface area contributed by atoms with Crippen LogP contribution in [0.3, 0.4) is 0 Å². The van der Waals surface area contributed by atoms with Crippen molar-refractivity contribution in [2.24, 2.45) is 0 Å². The Bertz CT molecular complexity index is 1090. The van der Waals surface area contributed by atoms with Crippen molar-refractivity contribution in [3.8, 4) is 11.7 Å². The highest BCUT2D eigenvalue weighted by Gasteiger charge is 2.17. The van der Waals surface area contributed by atoms with Gasteiger partial charge in [0.2, 0.25) is 5.95 Å². The molecule has 1 amide bonds. The van der Waals surface area contributed by atoms with Crippen molar-refractivity contribution in [2.45, 2.75) is 20.8 Å².